The van der Waals surface area contributed by atoms with Crippen LogP contribution in [-0.4, -0.2) is 21.9 Å². The van der Waals surface area contributed by atoms with E-state index in [2.05, 4.69) is 52.6 Å². The third-order valence-electron chi connectivity index (χ3n) is 4.57. The van der Waals surface area contributed by atoms with Gasteiger partial charge < -0.3 is 10.6 Å². The molecule has 2 aromatic rings. The van der Waals surface area contributed by atoms with Crippen molar-refractivity contribution in [1.82, 2.24) is 15.3 Å². The Balaban J connectivity index is 1.62. The van der Waals surface area contributed by atoms with Crippen LogP contribution in [0.3, 0.4) is 0 Å². The molecule has 3 rings (SSSR count). The van der Waals surface area contributed by atoms with Crippen molar-refractivity contribution in [3.8, 4) is 0 Å². The predicted molar refractivity (Wildman–Crippen MR) is 100 cm³/mol. The van der Waals surface area contributed by atoms with Crippen molar-refractivity contribution in [2.24, 2.45) is 0 Å². The van der Waals surface area contributed by atoms with E-state index in [-0.39, 0.29) is 11.9 Å². The number of carbonyl (C=O) groups excluding carboxylic acids is 1. The predicted octanol–water partition coefficient (Wildman–Crippen LogP) is 4.29. The van der Waals surface area contributed by atoms with Crippen LogP contribution >= 0.6 is 0 Å². The number of carbonyl (C=O) groups is 1. The van der Waals surface area contributed by atoms with Crippen molar-refractivity contribution in [2.45, 2.75) is 58.4 Å². The normalized spacial score (nSPS) is 15.4. The number of hydrogen-bond donors (Lipinski definition) is 2. The van der Waals surface area contributed by atoms with Crippen LogP contribution in [0.5, 0.6) is 0 Å². The summed E-state index contributed by atoms with van der Waals surface area (Å²) >= 11 is 0. The van der Waals surface area contributed by atoms with E-state index in [9.17, 15) is 4.79 Å². The number of nitrogens with zero attached hydrogens (tertiary/aromatic N) is 2. The molecule has 1 aliphatic rings. The maximum absolute atomic E-state index is 12.4. The first-order valence-electron chi connectivity index (χ1n) is 9.08. The lowest BCUT2D eigenvalue weighted by Crippen LogP contribution is -2.34. The number of aryl methyl sites for hydroxylation is 2. The quantitative estimate of drug-likeness (QED) is 0.816. The lowest BCUT2D eigenvalue weighted by molar-refractivity contribution is 0.0928. The van der Waals surface area contributed by atoms with Crippen LogP contribution in [0, 0.1) is 13.8 Å². The lowest BCUT2D eigenvalue weighted by Gasteiger charge is -2.15. The summed E-state index contributed by atoms with van der Waals surface area (Å²) < 4.78 is 0. The van der Waals surface area contributed by atoms with E-state index in [1.807, 2.05) is 0 Å². The van der Waals surface area contributed by atoms with E-state index in [0.717, 1.165) is 18.5 Å². The highest BCUT2D eigenvalue weighted by Crippen LogP contribution is 2.19. The standard InChI is InChI=1S/C20H26N4O/c1-14-9-15(2)11-17(10-14)23-19-13-21-18(12-22-19)20(25)24-16-7-5-3-4-6-8-16/h9-13,16H,3-8H2,1-2H3,(H,22,23)(H,24,25). The molecular weight excluding hydrogens is 312 g/mol. The third-order valence-corrected chi connectivity index (χ3v) is 4.57. The van der Waals surface area contributed by atoms with Crippen molar-refractivity contribution in [2.75, 3.05) is 5.32 Å². The van der Waals surface area contributed by atoms with Crippen molar-refractivity contribution < 1.29 is 4.79 Å². The molecule has 0 atom stereocenters. The second kappa shape index (κ2) is 8.10. The minimum atomic E-state index is -0.127. The Morgan fingerprint density at radius 1 is 0.960 bits per heavy atom. The summed E-state index contributed by atoms with van der Waals surface area (Å²) in [5.41, 5.74) is 3.72. The average Bonchev–Trinajstić information content (AvgIpc) is 2.83. The van der Waals surface area contributed by atoms with Gasteiger partial charge in [0.05, 0.1) is 12.4 Å². The van der Waals surface area contributed by atoms with Gasteiger partial charge >= 0.3 is 0 Å². The molecule has 132 valence electrons. The molecule has 1 aromatic carbocycles. The van der Waals surface area contributed by atoms with Gasteiger partial charge in [-0.05, 0) is 49.9 Å². The number of hydrogen-bond acceptors (Lipinski definition) is 4. The number of aromatic nitrogens is 2. The molecule has 2 N–H and O–H groups in total. The minimum absolute atomic E-state index is 0.127. The molecule has 0 radical (unpaired) electrons. The van der Waals surface area contributed by atoms with E-state index >= 15 is 0 Å². The van der Waals surface area contributed by atoms with Crippen LogP contribution in [0.1, 0.15) is 60.1 Å². The van der Waals surface area contributed by atoms with E-state index in [0.29, 0.717) is 11.5 Å². The van der Waals surface area contributed by atoms with Gasteiger partial charge in [0, 0.05) is 11.7 Å². The molecule has 0 aliphatic heterocycles. The average molecular weight is 338 g/mol. The van der Waals surface area contributed by atoms with Crippen LogP contribution < -0.4 is 10.6 Å². The van der Waals surface area contributed by atoms with Gasteiger partial charge in [-0.15, -0.1) is 0 Å². The Kier molecular flexibility index (Phi) is 5.64. The topological polar surface area (TPSA) is 66.9 Å². The van der Waals surface area contributed by atoms with Crippen LogP contribution in [0.4, 0.5) is 11.5 Å². The van der Waals surface area contributed by atoms with E-state index < -0.39 is 0 Å². The molecule has 25 heavy (non-hydrogen) atoms. The Morgan fingerprint density at radius 3 is 2.24 bits per heavy atom. The molecule has 0 unspecified atom stereocenters. The summed E-state index contributed by atoms with van der Waals surface area (Å²) in [6.07, 6.45) is 10.2. The summed E-state index contributed by atoms with van der Waals surface area (Å²) in [4.78, 5) is 21.0. The lowest BCUT2D eigenvalue weighted by atomic mass is 10.1. The van der Waals surface area contributed by atoms with Crippen LogP contribution in [-0.2, 0) is 0 Å². The zero-order valence-electron chi connectivity index (χ0n) is 15.0. The first-order valence-corrected chi connectivity index (χ1v) is 9.08. The molecule has 0 spiro atoms. The Labute approximate surface area is 149 Å². The van der Waals surface area contributed by atoms with Gasteiger partial charge in [-0.2, -0.15) is 0 Å². The first-order chi connectivity index (χ1) is 12.1. The molecule has 5 heteroatoms. The van der Waals surface area contributed by atoms with Crippen molar-refractivity contribution in [3.05, 3.63) is 47.4 Å². The number of anilines is 2. The van der Waals surface area contributed by atoms with Gasteiger partial charge in [0.25, 0.3) is 5.91 Å². The highest BCUT2D eigenvalue weighted by molar-refractivity contribution is 5.92. The first kappa shape index (κ1) is 17.4. The number of nitrogens with one attached hydrogen (secondary N) is 2. The Hall–Kier alpha value is -2.43. The zero-order chi connectivity index (χ0) is 17.6. The zero-order valence-corrected chi connectivity index (χ0v) is 15.0. The smallest absolute Gasteiger partial charge is 0.271 e. The van der Waals surface area contributed by atoms with Crippen LogP contribution in [0.25, 0.3) is 0 Å². The van der Waals surface area contributed by atoms with E-state index in [1.165, 1.54) is 43.0 Å². The van der Waals surface area contributed by atoms with Crippen molar-refractivity contribution in [1.29, 1.82) is 0 Å². The molecule has 0 saturated heterocycles. The number of benzene rings is 1. The van der Waals surface area contributed by atoms with Gasteiger partial charge in [0.2, 0.25) is 0 Å². The monoisotopic (exact) mass is 338 g/mol. The fourth-order valence-corrected chi connectivity index (χ4v) is 3.39. The van der Waals surface area contributed by atoms with E-state index in [4.69, 9.17) is 0 Å². The summed E-state index contributed by atoms with van der Waals surface area (Å²) in [5.74, 6) is 0.508. The summed E-state index contributed by atoms with van der Waals surface area (Å²) in [5, 5.41) is 6.33. The summed E-state index contributed by atoms with van der Waals surface area (Å²) in [7, 11) is 0. The molecule has 0 bridgehead atoms. The van der Waals surface area contributed by atoms with Crippen LogP contribution in [0.15, 0.2) is 30.6 Å². The molecular formula is C20H26N4O. The largest absolute Gasteiger partial charge is 0.348 e. The maximum Gasteiger partial charge on any atom is 0.271 e. The van der Waals surface area contributed by atoms with E-state index in [1.54, 1.807) is 6.20 Å². The molecule has 1 saturated carbocycles. The highest BCUT2D eigenvalue weighted by atomic mass is 16.1. The van der Waals surface area contributed by atoms with Gasteiger partial charge in [0.1, 0.15) is 11.5 Å². The fraction of sp³-hybridized carbons (Fsp3) is 0.450. The Bertz CT molecular complexity index is 699. The number of amides is 1. The molecule has 5 nitrogen and oxygen atoms in total. The minimum Gasteiger partial charge on any atom is -0.348 e. The number of rotatable bonds is 4. The van der Waals surface area contributed by atoms with Crippen molar-refractivity contribution >= 4 is 17.4 Å². The second-order valence-corrected chi connectivity index (χ2v) is 6.95. The second-order valence-electron chi connectivity index (χ2n) is 6.95. The van der Waals surface area contributed by atoms with Gasteiger partial charge in [-0.1, -0.05) is 31.7 Å². The highest BCUT2D eigenvalue weighted by Gasteiger charge is 2.16. The molecule has 1 aromatic heterocycles. The fourth-order valence-electron chi connectivity index (χ4n) is 3.39. The molecule has 1 amide bonds. The molecule has 1 aliphatic carbocycles. The third kappa shape index (κ3) is 5.02. The summed E-state index contributed by atoms with van der Waals surface area (Å²) in [6.45, 7) is 4.12. The molecule has 1 heterocycles. The molecule has 1 fully saturated rings. The van der Waals surface area contributed by atoms with Gasteiger partial charge in [0.15, 0.2) is 0 Å². The van der Waals surface area contributed by atoms with Gasteiger partial charge in [-0.3, -0.25) is 4.79 Å². The maximum atomic E-state index is 12.4. The van der Waals surface area contributed by atoms with Crippen molar-refractivity contribution in [3.63, 3.8) is 0 Å². The van der Waals surface area contributed by atoms with Gasteiger partial charge in [-0.25, -0.2) is 9.97 Å². The summed E-state index contributed by atoms with van der Waals surface area (Å²) in [6, 6.07) is 6.51. The Morgan fingerprint density at radius 2 is 1.64 bits per heavy atom. The SMILES string of the molecule is Cc1cc(C)cc(Nc2cnc(C(=O)NC3CCCCCC3)cn2)c1. The van der Waals surface area contributed by atoms with Crippen LogP contribution in [0.2, 0.25) is 0 Å².